The number of hydrogen-bond acceptors (Lipinski definition) is 8. The Kier molecular flexibility index (Phi) is 10.4. The van der Waals surface area contributed by atoms with E-state index in [2.05, 4.69) is 25.6 Å². The summed E-state index contributed by atoms with van der Waals surface area (Å²) < 4.78 is 39.1. The van der Waals surface area contributed by atoms with Crippen LogP contribution in [0.5, 0.6) is 0 Å². The highest BCUT2D eigenvalue weighted by Crippen LogP contribution is 2.31. The Morgan fingerprint density at radius 3 is 2.68 bits per heavy atom. The lowest BCUT2D eigenvalue weighted by molar-refractivity contribution is -0.124. The molecule has 1 aromatic heterocycles. The molecule has 5 N–H and O–H groups in total. The number of amides is 2. The van der Waals surface area contributed by atoms with Gasteiger partial charge in [-0.05, 0) is 62.3 Å². The number of aliphatic imine (C=N–C) groups is 2. The maximum Gasteiger partial charge on any atom is 0.429 e. The number of hydrogen-bond donors (Lipinski definition) is 4. The van der Waals surface area contributed by atoms with E-state index >= 15 is 0 Å². The van der Waals surface area contributed by atoms with Gasteiger partial charge in [-0.2, -0.15) is 13.2 Å². The number of alkyl halides is 3. The average Bonchev–Trinajstić information content (AvgIpc) is 3.32. The van der Waals surface area contributed by atoms with Crippen LogP contribution in [0.15, 0.2) is 34.4 Å². The minimum Gasteiger partial charge on any atom is -0.387 e. The van der Waals surface area contributed by atoms with Crippen molar-refractivity contribution in [1.82, 2.24) is 10.3 Å². The second-order valence-electron chi connectivity index (χ2n) is 9.02. The molecule has 38 heavy (non-hydrogen) atoms. The number of aliphatic hydroxyl groups excluding tert-OH is 1. The van der Waals surface area contributed by atoms with Crippen LogP contribution in [0.1, 0.15) is 49.1 Å². The molecule has 13 heteroatoms. The van der Waals surface area contributed by atoms with E-state index in [9.17, 15) is 22.8 Å². The van der Waals surface area contributed by atoms with E-state index in [-0.39, 0.29) is 31.4 Å². The van der Waals surface area contributed by atoms with Crippen molar-refractivity contribution in [3.05, 3.63) is 35.0 Å². The Hall–Kier alpha value is -3.32. The van der Waals surface area contributed by atoms with Crippen molar-refractivity contribution in [3.63, 3.8) is 0 Å². The zero-order chi connectivity index (χ0) is 27.7. The molecule has 0 radical (unpaired) electrons. The molecule has 0 saturated carbocycles. The Bertz CT molecular complexity index is 1200. The molecule has 206 valence electrons. The molecule has 2 aromatic rings. The molecule has 0 spiro atoms. The van der Waals surface area contributed by atoms with Crippen LogP contribution in [0.4, 0.5) is 18.9 Å². The van der Waals surface area contributed by atoms with Gasteiger partial charge in [0.1, 0.15) is 12.3 Å². The minimum atomic E-state index is -4.48. The molecule has 1 aromatic carbocycles. The van der Waals surface area contributed by atoms with Crippen molar-refractivity contribution >= 4 is 40.5 Å². The number of anilines is 1. The molecular formula is C25H31F3N6O3S. The van der Waals surface area contributed by atoms with Crippen molar-refractivity contribution < 1.29 is 27.9 Å². The van der Waals surface area contributed by atoms with Gasteiger partial charge in [0.2, 0.25) is 17.8 Å². The number of nitrogens with two attached hydrogens (primary N) is 1. The zero-order valence-electron chi connectivity index (χ0n) is 21.0. The zero-order valence-corrected chi connectivity index (χ0v) is 21.8. The first-order chi connectivity index (χ1) is 18.0. The molecule has 0 fully saturated rings. The fraction of sp³-hybridized carbons (Fsp3) is 0.480. The number of nitrogens with zero attached hydrogens (tertiary/aromatic N) is 3. The fourth-order valence-corrected chi connectivity index (χ4v) is 4.98. The quantitative estimate of drug-likeness (QED) is 0.317. The number of aryl methyl sites for hydroxylation is 2. The van der Waals surface area contributed by atoms with Crippen LogP contribution < -0.4 is 16.4 Å². The first kappa shape index (κ1) is 29.2. The smallest absolute Gasteiger partial charge is 0.387 e. The van der Waals surface area contributed by atoms with E-state index in [0.29, 0.717) is 31.4 Å². The topological polar surface area (TPSA) is 142 Å². The van der Waals surface area contributed by atoms with Gasteiger partial charge in [0, 0.05) is 37.3 Å². The first-order valence-electron chi connectivity index (χ1n) is 12.2. The van der Waals surface area contributed by atoms with Gasteiger partial charge >= 0.3 is 6.18 Å². The van der Waals surface area contributed by atoms with Crippen molar-refractivity contribution in [2.45, 2.75) is 64.1 Å². The standard InChI is InChI=1S/C25H31F3N6O3S/c1-15-10-16(12-18(11-15)33-24-30-9-8-20(34-24)25(26,27)28)19-13-31-23(38-19)7-3-5-17(32-22(37)14-35)4-2-6-21(29)36/h10-13,17,35H,2-9,14H2,1H3,(H2,29,36)(H,30,33)(H,32,37). The Morgan fingerprint density at radius 1 is 1.21 bits per heavy atom. The number of carbonyl (C=O) groups excluding carboxylic acids is 2. The number of nitrogens with one attached hydrogen (secondary N) is 2. The van der Waals surface area contributed by atoms with Crippen LogP contribution in [0.3, 0.4) is 0 Å². The number of benzene rings is 1. The summed E-state index contributed by atoms with van der Waals surface area (Å²) in [6, 6.07) is 5.42. The normalized spacial score (nSPS) is 14.4. The summed E-state index contributed by atoms with van der Waals surface area (Å²) in [4.78, 5) is 35.7. The van der Waals surface area contributed by atoms with Crippen LogP contribution in [0, 0.1) is 6.92 Å². The second-order valence-corrected chi connectivity index (χ2v) is 10.1. The number of aromatic nitrogens is 1. The molecule has 2 heterocycles. The molecule has 0 aliphatic carbocycles. The Labute approximate surface area is 222 Å². The molecule has 3 rings (SSSR count). The van der Waals surface area contributed by atoms with Crippen LogP contribution in [-0.2, 0) is 16.0 Å². The predicted octanol–water partition coefficient (Wildman–Crippen LogP) is 3.75. The van der Waals surface area contributed by atoms with Crippen molar-refractivity contribution in [2.24, 2.45) is 15.7 Å². The van der Waals surface area contributed by atoms with E-state index < -0.39 is 30.3 Å². The lowest BCUT2D eigenvalue weighted by atomic mass is 10.0. The van der Waals surface area contributed by atoms with Gasteiger partial charge in [0.05, 0.1) is 9.88 Å². The molecule has 0 saturated heterocycles. The van der Waals surface area contributed by atoms with E-state index in [0.717, 1.165) is 27.4 Å². The molecular weight excluding hydrogens is 521 g/mol. The third kappa shape index (κ3) is 9.21. The van der Waals surface area contributed by atoms with E-state index in [1.54, 1.807) is 6.20 Å². The first-order valence-corrected chi connectivity index (χ1v) is 13.1. The molecule has 1 unspecified atom stereocenters. The van der Waals surface area contributed by atoms with Crippen LogP contribution >= 0.6 is 11.3 Å². The fourth-order valence-electron chi connectivity index (χ4n) is 4.03. The largest absolute Gasteiger partial charge is 0.429 e. The van der Waals surface area contributed by atoms with Crippen LogP contribution in [0.25, 0.3) is 10.4 Å². The lowest BCUT2D eigenvalue weighted by Crippen LogP contribution is -2.36. The lowest BCUT2D eigenvalue weighted by Gasteiger charge is -2.17. The molecule has 2 amide bonds. The number of carbonyl (C=O) groups is 2. The van der Waals surface area contributed by atoms with Crippen LogP contribution in [-0.4, -0.2) is 58.9 Å². The van der Waals surface area contributed by atoms with Crippen molar-refractivity contribution in [3.8, 4) is 10.4 Å². The third-order valence-electron chi connectivity index (χ3n) is 5.78. The maximum atomic E-state index is 13.0. The van der Waals surface area contributed by atoms with Gasteiger partial charge in [-0.15, -0.1) is 11.3 Å². The monoisotopic (exact) mass is 552 g/mol. The highest BCUT2D eigenvalue weighted by atomic mass is 32.1. The van der Waals surface area contributed by atoms with Gasteiger partial charge in [-0.3, -0.25) is 14.6 Å². The van der Waals surface area contributed by atoms with Crippen molar-refractivity contribution in [1.29, 1.82) is 0 Å². The summed E-state index contributed by atoms with van der Waals surface area (Å²) in [7, 11) is 0. The Balaban J connectivity index is 1.62. The summed E-state index contributed by atoms with van der Waals surface area (Å²) in [5.74, 6) is -0.926. The van der Waals surface area contributed by atoms with Gasteiger partial charge in [-0.1, -0.05) is 6.07 Å². The molecule has 9 nitrogen and oxygen atoms in total. The van der Waals surface area contributed by atoms with Gasteiger partial charge in [0.15, 0.2) is 0 Å². The number of rotatable bonds is 12. The van der Waals surface area contributed by atoms with E-state index in [4.69, 9.17) is 10.8 Å². The SMILES string of the molecule is Cc1cc(NC2=NCCC(C(F)(F)F)=N2)cc(-c2cnc(CCCC(CCCC(N)=O)NC(=O)CO)s2)c1. The number of thiazole rings is 1. The molecule has 1 atom stereocenters. The second kappa shape index (κ2) is 13.5. The summed E-state index contributed by atoms with van der Waals surface area (Å²) in [6.45, 7) is 1.31. The van der Waals surface area contributed by atoms with Gasteiger partial charge in [-0.25, -0.2) is 9.98 Å². The number of halogens is 3. The third-order valence-corrected chi connectivity index (χ3v) is 6.88. The summed E-state index contributed by atoms with van der Waals surface area (Å²) in [5, 5.41) is 15.6. The van der Waals surface area contributed by atoms with E-state index in [1.165, 1.54) is 11.3 Å². The number of guanidine groups is 1. The van der Waals surface area contributed by atoms with Crippen molar-refractivity contribution in [2.75, 3.05) is 18.5 Å². The molecule has 1 aliphatic heterocycles. The van der Waals surface area contributed by atoms with Crippen LogP contribution in [0.2, 0.25) is 0 Å². The predicted molar refractivity (Wildman–Crippen MR) is 141 cm³/mol. The highest BCUT2D eigenvalue weighted by Gasteiger charge is 2.36. The molecule has 0 bridgehead atoms. The van der Waals surface area contributed by atoms with Gasteiger partial charge in [0.25, 0.3) is 0 Å². The maximum absolute atomic E-state index is 13.0. The Morgan fingerprint density at radius 2 is 1.97 bits per heavy atom. The highest BCUT2D eigenvalue weighted by molar-refractivity contribution is 7.15. The number of primary amides is 1. The average molecular weight is 553 g/mol. The summed E-state index contributed by atoms with van der Waals surface area (Å²) in [6.07, 6.45) is 0.469. The molecule has 1 aliphatic rings. The minimum absolute atomic E-state index is 0.0211. The van der Waals surface area contributed by atoms with Gasteiger partial charge < -0.3 is 21.5 Å². The van der Waals surface area contributed by atoms with E-state index in [1.807, 2.05) is 25.1 Å². The number of aliphatic hydroxyl groups is 1. The summed E-state index contributed by atoms with van der Waals surface area (Å²) >= 11 is 1.51. The summed E-state index contributed by atoms with van der Waals surface area (Å²) in [5.41, 5.74) is 6.71.